The number of nitrogens with zero attached hydrogens (tertiary/aromatic N) is 3. The Morgan fingerprint density at radius 1 is 0.826 bits per heavy atom. The molecule has 0 unspecified atom stereocenters. The van der Waals surface area contributed by atoms with Gasteiger partial charge >= 0.3 is 0 Å². The number of nitrogen functional groups attached to an aromatic ring is 1. The number of ether oxygens (including phenoxy) is 1. The number of carbonyl (C=O) groups excluding carboxylic acids is 2. The van der Waals surface area contributed by atoms with Gasteiger partial charge in [-0.3, -0.25) is 18.7 Å². The number of ketones is 2. The zero-order valence-electron chi connectivity index (χ0n) is 23.6. The van der Waals surface area contributed by atoms with Gasteiger partial charge in [0.05, 0.1) is 34.8 Å². The molecule has 16 nitrogen and oxygen atoms in total. The van der Waals surface area contributed by atoms with Crippen LogP contribution in [0.15, 0.2) is 58.3 Å². The first-order valence-corrected chi connectivity index (χ1v) is 16.5. The van der Waals surface area contributed by atoms with E-state index < -0.39 is 52.8 Å². The largest absolute Gasteiger partial charge is 0.397 e. The second kappa shape index (κ2) is 12.6. The summed E-state index contributed by atoms with van der Waals surface area (Å²) >= 11 is 6.00. The number of fused-ring (bicyclic) bond motifs is 2. The molecule has 0 fully saturated rings. The molecule has 46 heavy (non-hydrogen) atoms. The van der Waals surface area contributed by atoms with Crippen LogP contribution in [0, 0.1) is 0 Å². The maximum atomic E-state index is 13.6. The van der Waals surface area contributed by atoms with Crippen molar-refractivity contribution in [3.63, 3.8) is 0 Å². The number of carbonyl (C=O) groups is 2. The number of aromatic nitrogens is 3. The molecular formula is C27H24ClN7O9S2. The van der Waals surface area contributed by atoms with Crippen molar-refractivity contribution in [1.82, 2.24) is 15.0 Å². The van der Waals surface area contributed by atoms with Gasteiger partial charge in [0.15, 0.2) is 11.6 Å². The van der Waals surface area contributed by atoms with E-state index in [0.717, 1.165) is 12.1 Å². The molecule has 1 aliphatic carbocycles. The molecule has 1 aliphatic rings. The standard InChI is InChI=1S/C27H24ClN7O9S2/c1-2-44-10-9-30-26-33-25(28)34-27(35-26)32-16-8-7-13(11-18(16)45(38,39)40)31-17-12-19(46(41,42)43)22(29)21-20(17)23(36)14-5-3-4-6-15(14)24(21)37/h3-8,11-12,31H,2,9-10,29H2,1H3,(H,38,39,40)(H,41,42,43)(H2,30,32,33,34,35). The smallest absolute Gasteiger partial charge is 0.296 e. The number of nitrogens with two attached hydrogens (primary N) is 1. The maximum Gasteiger partial charge on any atom is 0.296 e. The van der Waals surface area contributed by atoms with Crippen molar-refractivity contribution in [3.8, 4) is 0 Å². The van der Waals surface area contributed by atoms with Crippen molar-refractivity contribution in [2.24, 2.45) is 0 Å². The van der Waals surface area contributed by atoms with Crippen molar-refractivity contribution in [2.75, 3.05) is 41.4 Å². The van der Waals surface area contributed by atoms with Gasteiger partial charge in [0.1, 0.15) is 9.79 Å². The van der Waals surface area contributed by atoms with E-state index in [0.29, 0.717) is 19.8 Å². The molecule has 0 bridgehead atoms. The van der Waals surface area contributed by atoms with Gasteiger partial charge < -0.3 is 26.4 Å². The minimum Gasteiger partial charge on any atom is -0.397 e. The van der Waals surface area contributed by atoms with Crippen LogP contribution < -0.4 is 21.7 Å². The van der Waals surface area contributed by atoms with Crippen LogP contribution in [0.2, 0.25) is 5.28 Å². The quantitative estimate of drug-likeness (QED) is 0.0660. The van der Waals surface area contributed by atoms with E-state index in [4.69, 9.17) is 22.1 Å². The van der Waals surface area contributed by atoms with Gasteiger partial charge in [0, 0.05) is 30.0 Å². The highest BCUT2D eigenvalue weighted by atomic mass is 35.5. The number of hydrogen-bond donors (Lipinski definition) is 6. The number of benzene rings is 3. The monoisotopic (exact) mass is 689 g/mol. The van der Waals surface area contributed by atoms with Crippen LogP contribution in [0.25, 0.3) is 0 Å². The normalized spacial score (nSPS) is 12.8. The molecule has 0 spiro atoms. The van der Waals surface area contributed by atoms with Gasteiger partial charge in [-0.2, -0.15) is 31.8 Å². The van der Waals surface area contributed by atoms with Gasteiger partial charge in [-0.05, 0) is 42.8 Å². The van der Waals surface area contributed by atoms with Gasteiger partial charge in [-0.25, -0.2) is 0 Å². The topological polar surface area (TPSA) is 253 Å². The summed E-state index contributed by atoms with van der Waals surface area (Å²) < 4.78 is 74.4. The Morgan fingerprint density at radius 2 is 1.46 bits per heavy atom. The Balaban J connectivity index is 1.56. The molecular weight excluding hydrogens is 666 g/mol. The van der Waals surface area contributed by atoms with Crippen LogP contribution in [0.3, 0.4) is 0 Å². The molecule has 0 aliphatic heterocycles. The SMILES string of the molecule is CCOCCNc1nc(Cl)nc(Nc2ccc(Nc3cc(S(=O)(=O)O)c(N)c4c3C(=O)c3ccccc3C4=O)cc2S(=O)(=O)O)n1. The van der Waals surface area contributed by atoms with E-state index in [1.54, 1.807) is 0 Å². The number of nitrogens with one attached hydrogen (secondary N) is 3. The van der Waals surface area contributed by atoms with Gasteiger partial charge in [0.25, 0.3) is 20.2 Å². The maximum absolute atomic E-state index is 13.6. The third kappa shape index (κ3) is 6.62. The lowest BCUT2D eigenvalue weighted by atomic mass is 9.82. The summed E-state index contributed by atoms with van der Waals surface area (Å²) in [4.78, 5) is 37.4. The van der Waals surface area contributed by atoms with Crippen molar-refractivity contribution >= 4 is 78.0 Å². The summed E-state index contributed by atoms with van der Waals surface area (Å²) in [6.45, 7) is 3.01. The van der Waals surface area contributed by atoms with Crippen LogP contribution in [-0.4, -0.2) is 72.2 Å². The Bertz CT molecular complexity index is 2130. The average molecular weight is 690 g/mol. The summed E-state index contributed by atoms with van der Waals surface area (Å²) in [5, 5.41) is 8.01. The number of halogens is 1. The molecule has 0 saturated heterocycles. The molecule has 1 aromatic heterocycles. The highest BCUT2D eigenvalue weighted by Crippen LogP contribution is 2.40. The molecule has 3 aromatic carbocycles. The average Bonchev–Trinajstić information content (AvgIpc) is 2.98. The van der Waals surface area contributed by atoms with Gasteiger partial charge in [-0.15, -0.1) is 0 Å². The lowest BCUT2D eigenvalue weighted by molar-refractivity contribution is 0.0980. The van der Waals surface area contributed by atoms with Gasteiger partial charge in [-0.1, -0.05) is 24.3 Å². The van der Waals surface area contributed by atoms with Crippen molar-refractivity contribution in [3.05, 3.63) is 76.1 Å². The summed E-state index contributed by atoms with van der Waals surface area (Å²) in [5.74, 6) is -1.58. The van der Waals surface area contributed by atoms with E-state index in [1.807, 2.05) is 6.92 Å². The Morgan fingerprint density at radius 3 is 2.09 bits per heavy atom. The molecule has 4 aromatic rings. The lowest BCUT2D eigenvalue weighted by Crippen LogP contribution is -2.25. The number of rotatable bonds is 11. The van der Waals surface area contributed by atoms with Crippen molar-refractivity contribution in [1.29, 1.82) is 0 Å². The number of anilines is 6. The Labute approximate surface area is 266 Å². The fraction of sp³-hybridized carbons (Fsp3) is 0.148. The molecule has 0 saturated carbocycles. The molecule has 1 heterocycles. The van der Waals surface area contributed by atoms with Crippen LogP contribution in [0.5, 0.6) is 0 Å². The second-order valence-electron chi connectivity index (χ2n) is 9.58. The summed E-state index contributed by atoms with van der Waals surface area (Å²) in [6.07, 6.45) is 0. The minimum absolute atomic E-state index is 0.0167. The molecule has 0 atom stereocenters. The highest BCUT2D eigenvalue weighted by molar-refractivity contribution is 7.86. The Kier molecular flexibility index (Phi) is 8.94. The first kappa shape index (κ1) is 32.7. The van der Waals surface area contributed by atoms with E-state index in [2.05, 4.69) is 30.9 Å². The molecule has 7 N–H and O–H groups in total. The fourth-order valence-corrected chi connectivity index (χ4v) is 6.14. The van der Waals surface area contributed by atoms with Crippen LogP contribution in [0.1, 0.15) is 38.8 Å². The van der Waals surface area contributed by atoms with E-state index >= 15 is 0 Å². The predicted octanol–water partition coefficient (Wildman–Crippen LogP) is 3.31. The van der Waals surface area contributed by atoms with Crippen molar-refractivity contribution < 1.29 is 40.3 Å². The molecule has 0 radical (unpaired) electrons. The summed E-state index contributed by atoms with van der Waals surface area (Å²) in [7, 11) is -9.95. The van der Waals surface area contributed by atoms with Crippen LogP contribution in [-0.2, 0) is 25.0 Å². The zero-order valence-corrected chi connectivity index (χ0v) is 26.0. The van der Waals surface area contributed by atoms with E-state index in [-0.39, 0.29) is 50.9 Å². The molecule has 0 amide bonds. The second-order valence-corrected chi connectivity index (χ2v) is 12.7. The van der Waals surface area contributed by atoms with E-state index in [9.17, 15) is 35.5 Å². The summed E-state index contributed by atoms with van der Waals surface area (Å²) in [6, 6.07) is 10.1. The first-order valence-electron chi connectivity index (χ1n) is 13.2. The lowest BCUT2D eigenvalue weighted by Gasteiger charge is -2.24. The van der Waals surface area contributed by atoms with E-state index in [1.165, 1.54) is 36.4 Å². The van der Waals surface area contributed by atoms with Crippen molar-refractivity contribution in [2.45, 2.75) is 16.7 Å². The molecule has 5 rings (SSSR count). The summed E-state index contributed by atoms with van der Waals surface area (Å²) in [5.41, 5.74) is 3.99. The Hall–Kier alpha value is -4.72. The van der Waals surface area contributed by atoms with Gasteiger partial charge in [0.2, 0.25) is 17.2 Å². The number of hydrogen-bond acceptors (Lipinski definition) is 14. The molecule has 240 valence electrons. The van der Waals surface area contributed by atoms with Crippen LogP contribution >= 0.6 is 11.6 Å². The zero-order chi connectivity index (χ0) is 33.4. The van der Waals surface area contributed by atoms with Crippen LogP contribution in [0.4, 0.5) is 34.6 Å². The minimum atomic E-state index is -5.01. The third-order valence-corrected chi connectivity index (χ3v) is 8.56. The molecule has 19 heteroatoms. The highest BCUT2D eigenvalue weighted by Gasteiger charge is 2.36. The fourth-order valence-electron chi connectivity index (χ4n) is 4.66. The predicted molar refractivity (Wildman–Crippen MR) is 167 cm³/mol. The third-order valence-electron chi connectivity index (χ3n) is 6.60. The first-order chi connectivity index (χ1) is 21.7.